The Morgan fingerprint density at radius 1 is 1.20 bits per heavy atom. The molecule has 0 fully saturated rings. The molecule has 0 heterocycles. The third kappa shape index (κ3) is 5.72. The average molecular weight is 357 g/mol. The number of amides is 1. The van der Waals surface area contributed by atoms with Crippen LogP contribution >= 0.6 is 11.8 Å². The minimum atomic E-state index is -0.455. The van der Waals surface area contributed by atoms with Gasteiger partial charge in [0.2, 0.25) is 0 Å². The fraction of sp³-hybridized carbons (Fsp3) is 0.222. The third-order valence-corrected chi connectivity index (χ3v) is 4.76. The van der Waals surface area contributed by atoms with Crippen molar-refractivity contribution < 1.29 is 9.72 Å². The zero-order valence-corrected chi connectivity index (χ0v) is 14.8. The first-order valence-corrected chi connectivity index (χ1v) is 8.76. The standard InChI is InChI=1S/C18H19N3O3S/c1-13(16-8-10-17(11-9-16)21(23)24)19-20-18(22)14(2)25-12-15-6-4-3-5-7-15/h3-11,14H,12H2,1-2H3,(H,20,22)/b19-13-/t14-/m1/s1. The Balaban J connectivity index is 1.88. The fourth-order valence-corrected chi connectivity index (χ4v) is 2.83. The molecule has 0 radical (unpaired) electrons. The Hall–Kier alpha value is -2.67. The Morgan fingerprint density at radius 2 is 1.84 bits per heavy atom. The molecular weight excluding hydrogens is 338 g/mol. The molecule has 0 aliphatic heterocycles. The maximum atomic E-state index is 12.1. The number of thioether (sulfide) groups is 1. The Bertz CT molecular complexity index is 761. The minimum Gasteiger partial charge on any atom is -0.272 e. The first kappa shape index (κ1) is 18.7. The summed E-state index contributed by atoms with van der Waals surface area (Å²) in [6, 6.07) is 16.0. The number of hydrogen-bond acceptors (Lipinski definition) is 5. The van der Waals surface area contributed by atoms with Crippen LogP contribution in [0.2, 0.25) is 0 Å². The van der Waals surface area contributed by atoms with Gasteiger partial charge in [0.1, 0.15) is 0 Å². The maximum absolute atomic E-state index is 12.1. The van der Waals surface area contributed by atoms with E-state index < -0.39 is 4.92 Å². The Morgan fingerprint density at radius 3 is 2.44 bits per heavy atom. The van der Waals surface area contributed by atoms with E-state index in [-0.39, 0.29) is 16.8 Å². The number of nitrogens with one attached hydrogen (secondary N) is 1. The summed E-state index contributed by atoms with van der Waals surface area (Å²) in [6.45, 7) is 3.57. The van der Waals surface area contributed by atoms with Gasteiger partial charge < -0.3 is 0 Å². The summed E-state index contributed by atoms with van der Waals surface area (Å²) in [5, 5.41) is 14.5. The second-order valence-electron chi connectivity index (χ2n) is 5.42. The number of non-ortho nitro benzene ring substituents is 1. The van der Waals surface area contributed by atoms with E-state index in [0.29, 0.717) is 5.71 Å². The SMILES string of the molecule is C/C(=N/NC(=O)[C@@H](C)SCc1ccccc1)c1ccc([N+](=O)[O-])cc1. The van der Waals surface area contributed by atoms with Crippen molar-refractivity contribution in [2.45, 2.75) is 24.9 Å². The molecule has 1 atom stereocenters. The van der Waals surface area contributed by atoms with Crippen molar-refractivity contribution in [2.75, 3.05) is 0 Å². The summed E-state index contributed by atoms with van der Waals surface area (Å²) in [4.78, 5) is 22.3. The van der Waals surface area contributed by atoms with Crippen LogP contribution < -0.4 is 5.43 Å². The first-order chi connectivity index (χ1) is 12.0. The molecule has 1 amide bonds. The lowest BCUT2D eigenvalue weighted by atomic mass is 10.1. The molecular formula is C18H19N3O3S. The fourth-order valence-electron chi connectivity index (χ4n) is 1.99. The van der Waals surface area contributed by atoms with E-state index >= 15 is 0 Å². The van der Waals surface area contributed by atoms with Gasteiger partial charge in [-0.25, -0.2) is 5.43 Å². The molecule has 0 aliphatic rings. The molecule has 0 unspecified atom stereocenters. The van der Waals surface area contributed by atoms with E-state index in [1.807, 2.05) is 37.3 Å². The first-order valence-electron chi connectivity index (χ1n) is 7.72. The molecule has 2 aromatic carbocycles. The van der Waals surface area contributed by atoms with Crippen LogP contribution in [0.5, 0.6) is 0 Å². The lowest BCUT2D eigenvalue weighted by Crippen LogP contribution is -2.27. The van der Waals surface area contributed by atoms with Crippen molar-refractivity contribution in [3.05, 3.63) is 75.8 Å². The average Bonchev–Trinajstić information content (AvgIpc) is 2.64. The van der Waals surface area contributed by atoms with Gasteiger partial charge in [-0.05, 0) is 37.1 Å². The number of hydrazone groups is 1. The van der Waals surface area contributed by atoms with Gasteiger partial charge in [-0.2, -0.15) is 5.10 Å². The smallest absolute Gasteiger partial charge is 0.269 e. The summed E-state index contributed by atoms with van der Waals surface area (Å²) in [5.41, 5.74) is 5.04. The number of carbonyl (C=O) groups is 1. The maximum Gasteiger partial charge on any atom is 0.269 e. The molecule has 0 spiro atoms. The lowest BCUT2D eigenvalue weighted by molar-refractivity contribution is -0.384. The van der Waals surface area contributed by atoms with E-state index in [2.05, 4.69) is 10.5 Å². The molecule has 1 N–H and O–H groups in total. The molecule has 130 valence electrons. The number of benzene rings is 2. The van der Waals surface area contributed by atoms with Gasteiger partial charge in [-0.1, -0.05) is 30.3 Å². The number of nitrogens with zero attached hydrogens (tertiary/aromatic N) is 2. The van der Waals surface area contributed by atoms with Gasteiger partial charge in [-0.15, -0.1) is 11.8 Å². The summed E-state index contributed by atoms with van der Waals surface area (Å²) < 4.78 is 0. The molecule has 0 bridgehead atoms. The van der Waals surface area contributed by atoms with Crippen LogP contribution in [0.4, 0.5) is 5.69 Å². The highest BCUT2D eigenvalue weighted by atomic mass is 32.2. The van der Waals surface area contributed by atoms with E-state index in [4.69, 9.17) is 0 Å². The van der Waals surface area contributed by atoms with Crippen LogP contribution in [0.25, 0.3) is 0 Å². The number of hydrogen-bond donors (Lipinski definition) is 1. The molecule has 2 rings (SSSR count). The van der Waals surface area contributed by atoms with E-state index in [0.717, 1.165) is 16.9 Å². The summed E-state index contributed by atoms with van der Waals surface area (Å²) in [7, 11) is 0. The third-order valence-electron chi connectivity index (χ3n) is 3.54. The highest BCUT2D eigenvalue weighted by Gasteiger charge is 2.13. The summed E-state index contributed by atoms with van der Waals surface area (Å²) >= 11 is 1.53. The molecule has 0 saturated heterocycles. The van der Waals surface area contributed by atoms with Crippen LogP contribution in [0.1, 0.15) is 25.0 Å². The second-order valence-corrected chi connectivity index (χ2v) is 6.75. The molecule has 0 aromatic heterocycles. The Labute approximate surface area is 150 Å². The minimum absolute atomic E-state index is 0.0199. The zero-order chi connectivity index (χ0) is 18.2. The van der Waals surface area contributed by atoms with Crippen molar-refractivity contribution in [1.29, 1.82) is 0 Å². The second kappa shape index (κ2) is 8.98. The van der Waals surface area contributed by atoms with Gasteiger partial charge in [0, 0.05) is 17.9 Å². The van der Waals surface area contributed by atoms with Crippen LogP contribution in [0, 0.1) is 10.1 Å². The summed E-state index contributed by atoms with van der Waals surface area (Å²) in [5.74, 6) is 0.572. The molecule has 6 nitrogen and oxygen atoms in total. The van der Waals surface area contributed by atoms with Gasteiger partial charge in [0.25, 0.3) is 11.6 Å². The van der Waals surface area contributed by atoms with Crippen molar-refractivity contribution >= 4 is 29.1 Å². The normalized spacial score (nSPS) is 12.5. The lowest BCUT2D eigenvalue weighted by Gasteiger charge is -2.10. The van der Waals surface area contributed by atoms with Gasteiger partial charge in [-0.3, -0.25) is 14.9 Å². The largest absolute Gasteiger partial charge is 0.272 e. The van der Waals surface area contributed by atoms with Crippen molar-refractivity contribution in [3.63, 3.8) is 0 Å². The highest BCUT2D eigenvalue weighted by Crippen LogP contribution is 2.17. The molecule has 0 saturated carbocycles. The van der Waals surface area contributed by atoms with Crippen molar-refractivity contribution in [1.82, 2.24) is 5.43 Å². The topological polar surface area (TPSA) is 84.6 Å². The van der Waals surface area contributed by atoms with Crippen LogP contribution in [0.3, 0.4) is 0 Å². The van der Waals surface area contributed by atoms with E-state index in [1.165, 1.54) is 23.9 Å². The highest BCUT2D eigenvalue weighted by molar-refractivity contribution is 7.99. The van der Waals surface area contributed by atoms with Gasteiger partial charge >= 0.3 is 0 Å². The van der Waals surface area contributed by atoms with Crippen molar-refractivity contribution in [2.24, 2.45) is 5.10 Å². The predicted molar refractivity (Wildman–Crippen MR) is 101 cm³/mol. The van der Waals surface area contributed by atoms with Crippen LogP contribution in [-0.2, 0) is 10.5 Å². The van der Waals surface area contributed by atoms with Crippen LogP contribution in [0.15, 0.2) is 59.7 Å². The number of carbonyl (C=O) groups excluding carboxylic acids is 1. The van der Waals surface area contributed by atoms with Crippen molar-refractivity contribution in [3.8, 4) is 0 Å². The van der Waals surface area contributed by atoms with Gasteiger partial charge in [0.05, 0.1) is 15.9 Å². The van der Waals surface area contributed by atoms with Crippen LogP contribution in [-0.4, -0.2) is 21.8 Å². The monoisotopic (exact) mass is 357 g/mol. The molecule has 2 aromatic rings. The molecule has 25 heavy (non-hydrogen) atoms. The zero-order valence-electron chi connectivity index (χ0n) is 14.0. The molecule has 7 heteroatoms. The Kier molecular flexibility index (Phi) is 6.71. The van der Waals surface area contributed by atoms with E-state index in [9.17, 15) is 14.9 Å². The van der Waals surface area contributed by atoms with Gasteiger partial charge in [0.15, 0.2) is 0 Å². The predicted octanol–water partition coefficient (Wildman–Crippen LogP) is 3.76. The number of nitro benzene ring substituents is 1. The van der Waals surface area contributed by atoms with E-state index in [1.54, 1.807) is 19.1 Å². The molecule has 0 aliphatic carbocycles. The number of rotatable bonds is 7. The number of nitro groups is 1. The summed E-state index contributed by atoms with van der Waals surface area (Å²) in [6.07, 6.45) is 0. The quantitative estimate of drug-likeness (QED) is 0.464.